The molecule has 32 heavy (non-hydrogen) atoms. The lowest BCUT2D eigenvalue weighted by Crippen LogP contribution is -2.59. The summed E-state index contributed by atoms with van der Waals surface area (Å²) in [6.07, 6.45) is 12.8. The molecule has 5 rings (SSSR count). The summed E-state index contributed by atoms with van der Waals surface area (Å²) in [6, 6.07) is 5.67. The van der Waals surface area contributed by atoms with E-state index in [0.717, 1.165) is 19.3 Å². The van der Waals surface area contributed by atoms with Crippen LogP contribution in [0.15, 0.2) is 30.5 Å². The summed E-state index contributed by atoms with van der Waals surface area (Å²) in [6.45, 7) is 4.77. The molecule has 1 aromatic heterocycles. The van der Waals surface area contributed by atoms with Gasteiger partial charge in [0.05, 0.1) is 5.56 Å². The number of rotatable bonds is 3. The van der Waals surface area contributed by atoms with E-state index in [0.29, 0.717) is 41.5 Å². The first-order valence-corrected chi connectivity index (χ1v) is 12.0. The van der Waals surface area contributed by atoms with Crippen molar-refractivity contribution >= 4 is 17.6 Å². The second-order valence-corrected chi connectivity index (χ2v) is 10.8. The number of nitriles is 1. The number of aromatic nitrogens is 1. The van der Waals surface area contributed by atoms with Crippen molar-refractivity contribution in [1.29, 1.82) is 5.26 Å². The van der Waals surface area contributed by atoms with Gasteiger partial charge in [-0.3, -0.25) is 9.59 Å². The SMILES string of the molecule is C[C@]12C=CC(=O)N[C@@H]1CC[C@@H]1[C@@H]2CC[C@]2(C)[C@@H](CC(=O)Nc3ccc(C#N)cn3)CC[C@@H]12. The van der Waals surface area contributed by atoms with Crippen LogP contribution in [0.4, 0.5) is 5.82 Å². The fourth-order valence-corrected chi connectivity index (χ4v) is 7.73. The molecule has 0 spiro atoms. The first-order valence-electron chi connectivity index (χ1n) is 12.0. The normalized spacial score (nSPS) is 39.8. The maximum Gasteiger partial charge on any atom is 0.243 e. The quantitative estimate of drug-likeness (QED) is 0.748. The number of amides is 2. The van der Waals surface area contributed by atoms with Gasteiger partial charge < -0.3 is 10.6 Å². The molecule has 2 N–H and O–H groups in total. The molecule has 3 fully saturated rings. The molecule has 6 nitrogen and oxygen atoms in total. The van der Waals surface area contributed by atoms with Crippen LogP contribution in [-0.4, -0.2) is 22.8 Å². The Hall–Kier alpha value is -2.68. The predicted octanol–water partition coefficient (Wildman–Crippen LogP) is 4.20. The van der Waals surface area contributed by atoms with Gasteiger partial charge in [0.25, 0.3) is 0 Å². The van der Waals surface area contributed by atoms with Crippen LogP contribution < -0.4 is 10.6 Å². The Bertz CT molecular complexity index is 996. The number of pyridine rings is 1. The highest BCUT2D eigenvalue weighted by molar-refractivity contribution is 5.90. The molecule has 0 unspecified atom stereocenters. The predicted molar refractivity (Wildman–Crippen MR) is 121 cm³/mol. The number of nitrogens with zero attached hydrogens (tertiary/aromatic N) is 2. The van der Waals surface area contributed by atoms with Crippen molar-refractivity contribution in [2.24, 2.45) is 34.5 Å². The van der Waals surface area contributed by atoms with Crippen molar-refractivity contribution < 1.29 is 9.59 Å². The second kappa shape index (κ2) is 7.72. The fourth-order valence-electron chi connectivity index (χ4n) is 7.73. The second-order valence-electron chi connectivity index (χ2n) is 10.8. The smallest absolute Gasteiger partial charge is 0.243 e. The molecular weight excluding hydrogens is 400 g/mol. The zero-order valence-electron chi connectivity index (χ0n) is 18.9. The standard InChI is InChI=1S/C26H32N4O2/c1-25-11-9-20-18(5-7-21-26(20,2)12-10-23(31)29-21)19(25)6-4-17(25)13-24(32)30-22-8-3-16(14-27)15-28-22/h3,8,10,12,15,17-21H,4-7,9,11,13H2,1-2H3,(H,29,31)(H,28,30,32)/t17-,18+,19+,20+,21-,25-,26-/m1/s1. The third-order valence-electron chi connectivity index (χ3n) is 9.47. The van der Waals surface area contributed by atoms with Gasteiger partial charge >= 0.3 is 0 Å². The highest BCUT2D eigenvalue weighted by Crippen LogP contribution is 2.65. The average Bonchev–Trinajstić information content (AvgIpc) is 3.11. The minimum Gasteiger partial charge on any atom is -0.349 e. The molecule has 168 valence electrons. The third kappa shape index (κ3) is 3.34. The minimum absolute atomic E-state index is 0.0183. The number of nitrogens with one attached hydrogen (secondary N) is 2. The van der Waals surface area contributed by atoms with E-state index in [1.807, 2.05) is 6.07 Å². The molecule has 2 heterocycles. The highest BCUT2D eigenvalue weighted by atomic mass is 16.2. The van der Waals surface area contributed by atoms with Crippen molar-refractivity contribution in [3.63, 3.8) is 0 Å². The number of carbonyl (C=O) groups excluding carboxylic acids is 2. The van der Waals surface area contributed by atoms with Crippen LogP contribution in [0.2, 0.25) is 0 Å². The lowest BCUT2D eigenvalue weighted by Gasteiger charge is -2.59. The average molecular weight is 433 g/mol. The molecule has 4 aliphatic rings. The van der Waals surface area contributed by atoms with Gasteiger partial charge in [-0.1, -0.05) is 19.9 Å². The lowest BCUT2D eigenvalue weighted by atomic mass is 9.48. The summed E-state index contributed by atoms with van der Waals surface area (Å²) in [5, 5.41) is 15.1. The van der Waals surface area contributed by atoms with Crippen molar-refractivity contribution in [3.8, 4) is 6.07 Å². The number of anilines is 1. The number of carbonyl (C=O) groups is 2. The van der Waals surface area contributed by atoms with Gasteiger partial charge in [-0.2, -0.15) is 5.26 Å². The minimum atomic E-state index is 0.0183. The van der Waals surface area contributed by atoms with Crippen molar-refractivity contribution in [3.05, 3.63) is 36.0 Å². The molecule has 1 aromatic rings. The zero-order valence-corrected chi connectivity index (χ0v) is 18.9. The zero-order chi connectivity index (χ0) is 22.5. The van der Waals surface area contributed by atoms with Crippen LogP contribution in [0, 0.1) is 45.8 Å². The maximum atomic E-state index is 12.8. The van der Waals surface area contributed by atoms with E-state index in [1.165, 1.54) is 25.5 Å². The summed E-state index contributed by atoms with van der Waals surface area (Å²) in [5.41, 5.74) is 0.734. The van der Waals surface area contributed by atoms with Crippen LogP contribution in [0.1, 0.15) is 64.4 Å². The summed E-state index contributed by atoms with van der Waals surface area (Å²) in [4.78, 5) is 28.9. The summed E-state index contributed by atoms with van der Waals surface area (Å²) < 4.78 is 0. The summed E-state index contributed by atoms with van der Waals surface area (Å²) in [7, 11) is 0. The molecule has 3 aliphatic carbocycles. The van der Waals surface area contributed by atoms with Gasteiger partial charge in [0, 0.05) is 24.1 Å². The van der Waals surface area contributed by atoms with Crippen LogP contribution >= 0.6 is 0 Å². The Morgan fingerprint density at radius 3 is 2.81 bits per heavy atom. The van der Waals surface area contributed by atoms with Gasteiger partial charge in [-0.25, -0.2) is 4.98 Å². The first-order chi connectivity index (χ1) is 15.3. The highest BCUT2D eigenvalue weighted by Gasteiger charge is 2.59. The van der Waals surface area contributed by atoms with Crippen LogP contribution in [-0.2, 0) is 9.59 Å². The Balaban J connectivity index is 1.28. The van der Waals surface area contributed by atoms with E-state index in [9.17, 15) is 9.59 Å². The fraction of sp³-hybridized carbons (Fsp3) is 0.615. The van der Waals surface area contributed by atoms with E-state index >= 15 is 0 Å². The lowest BCUT2D eigenvalue weighted by molar-refractivity contribution is -0.123. The number of fused-ring (bicyclic) bond motifs is 5. The van der Waals surface area contributed by atoms with E-state index in [1.54, 1.807) is 18.2 Å². The molecular formula is C26H32N4O2. The monoisotopic (exact) mass is 432 g/mol. The van der Waals surface area contributed by atoms with Crippen molar-refractivity contribution in [2.45, 2.75) is 64.8 Å². The molecule has 0 aromatic carbocycles. The number of hydrogen-bond donors (Lipinski definition) is 2. The molecule has 0 saturated heterocycles. The van der Waals surface area contributed by atoms with Gasteiger partial charge in [0.1, 0.15) is 11.9 Å². The van der Waals surface area contributed by atoms with Crippen LogP contribution in [0.25, 0.3) is 0 Å². The summed E-state index contributed by atoms with van der Waals surface area (Å²) >= 11 is 0. The molecule has 7 atom stereocenters. The summed E-state index contributed by atoms with van der Waals surface area (Å²) in [5.74, 6) is 2.89. The molecule has 0 radical (unpaired) electrons. The third-order valence-corrected chi connectivity index (χ3v) is 9.47. The van der Waals surface area contributed by atoms with Gasteiger partial charge in [-0.15, -0.1) is 0 Å². The van der Waals surface area contributed by atoms with E-state index in [4.69, 9.17) is 5.26 Å². The Kier molecular flexibility index (Phi) is 5.11. The number of hydrogen-bond acceptors (Lipinski definition) is 4. The van der Waals surface area contributed by atoms with E-state index < -0.39 is 0 Å². The molecule has 1 aliphatic heterocycles. The van der Waals surface area contributed by atoms with Gasteiger partial charge in [-0.05, 0) is 85.8 Å². The van der Waals surface area contributed by atoms with Crippen LogP contribution in [0.3, 0.4) is 0 Å². The van der Waals surface area contributed by atoms with Crippen molar-refractivity contribution in [2.75, 3.05) is 5.32 Å². The topological polar surface area (TPSA) is 94.9 Å². The van der Waals surface area contributed by atoms with E-state index in [-0.39, 0.29) is 28.7 Å². The van der Waals surface area contributed by atoms with Crippen molar-refractivity contribution in [1.82, 2.24) is 10.3 Å². The Labute approximate surface area is 189 Å². The largest absolute Gasteiger partial charge is 0.349 e. The van der Waals surface area contributed by atoms with Crippen LogP contribution in [0.5, 0.6) is 0 Å². The Morgan fingerprint density at radius 1 is 1.22 bits per heavy atom. The maximum absolute atomic E-state index is 12.8. The van der Waals surface area contributed by atoms with Gasteiger partial charge in [0.2, 0.25) is 11.8 Å². The first kappa shape index (κ1) is 21.2. The van der Waals surface area contributed by atoms with E-state index in [2.05, 4.69) is 35.5 Å². The van der Waals surface area contributed by atoms with Gasteiger partial charge in [0.15, 0.2) is 0 Å². The molecule has 6 heteroatoms. The molecule has 2 amide bonds. The molecule has 3 saturated carbocycles. The Morgan fingerprint density at radius 2 is 2.06 bits per heavy atom. The molecule has 0 bridgehead atoms.